The Labute approximate surface area is 162 Å². The van der Waals surface area contributed by atoms with Crippen molar-refractivity contribution in [2.45, 2.75) is 11.8 Å². The molecule has 2 aromatic carbocycles. The summed E-state index contributed by atoms with van der Waals surface area (Å²) < 4.78 is 16.8. The standard InChI is InChI=1S/C21H18N4O3/c1-26-21(27-2)20(13-23)17(19(20,12-22)18(24)25-21)14-7-6-10-16(11-14)28-15-8-4-3-5-9-15/h3-11,17H,1-2H3,(H2,24,25)/t17-,19-,20+/m0/s1. The van der Waals surface area contributed by atoms with E-state index in [1.54, 1.807) is 6.07 Å². The Balaban J connectivity index is 1.79. The summed E-state index contributed by atoms with van der Waals surface area (Å²) in [6.45, 7) is 0. The number of fused-ring (bicyclic) bond motifs is 1. The third kappa shape index (κ3) is 1.95. The minimum absolute atomic E-state index is 0.0413. The molecule has 1 aliphatic carbocycles. The second-order valence-corrected chi connectivity index (χ2v) is 6.75. The molecule has 3 atom stereocenters. The third-order valence-electron chi connectivity index (χ3n) is 5.65. The number of hydrogen-bond acceptors (Lipinski definition) is 7. The molecule has 2 aromatic rings. The van der Waals surface area contributed by atoms with E-state index in [1.165, 1.54) is 14.2 Å². The van der Waals surface area contributed by atoms with E-state index in [0.717, 1.165) is 5.56 Å². The molecular formula is C21H18N4O3. The molecular weight excluding hydrogens is 356 g/mol. The van der Waals surface area contributed by atoms with Gasteiger partial charge in [-0.2, -0.15) is 10.5 Å². The van der Waals surface area contributed by atoms with Crippen molar-refractivity contribution >= 4 is 5.84 Å². The van der Waals surface area contributed by atoms with Crippen LogP contribution in [0, 0.1) is 33.5 Å². The third-order valence-corrected chi connectivity index (χ3v) is 5.65. The molecule has 1 saturated carbocycles. The SMILES string of the molecule is COC1(OC)N=C(N)[C@]2(C#N)[C@H](c3cccc(Oc4ccccc4)c3)[C@@]12C#N. The topological polar surface area (TPSA) is 114 Å². The second-order valence-electron chi connectivity index (χ2n) is 6.75. The van der Waals surface area contributed by atoms with Crippen LogP contribution in [0.1, 0.15) is 11.5 Å². The van der Waals surface area contributed by atoms with Crippen molar-refractivity contribution < 1.29 is 14.2 Å². The summed E-state index contributed by atoms with van der Waals surface area (Å²) in [5, 5.41) is 20.1. The number of methoxy groups -OCH3 is 2. The monoisotopic (exact) mass is 374 g/mol. The maximum Gasteiger partial charge on any atom is 0.292 e. The van der Waals surface area contributed by atoms with E-state index < -0.39 is 22.7 Å². The number of nitrogens with zero attached hydrogens (tertiary/aromatic N) is 3. The zero-order chi connectivity index (χ0) is 20.0. The Kier molecular flexibility index (Phi) is 3.90. The Hall–Kier alpha value is -3.39. The fourth-order valence-corrected chi connectivity index (χ4v) is 4.40. The van der Waals surface area contributed by atoms with Crippen molar-refractivity contribution in [2.24, 2.45) is 21.6 Å². The van der Waals surface area contributed by atoms with Crippen molar-refractivity contribution in [3.8, 4) is 23.6 Å². The lowest BCUT2D eigenvalue weighted by Gasteiger charge is -2.29. The first kappa shape index (κ1) is 18.0. The fraction of sp³-hybridized carbons (Fsp3) is 0.286. The molecule has 0 bridgehead atoms. The van der Waals surface area contributed by atoms with Crippen molar-refractivity contribution in [3.05, 3.63) is 60.2 Å². The van der Waals surface area contributed by atoms with E-state index in [2.05, 4.69) is 17.1 Å². The quantitative estimate of drug-likeness (QED) is 0.805. The molecule has 0 saturated heterocycles. The number of ether oxygens (including phenoxy) is 3. The van der Waals surface area contributed by atoms with Gasteiger partial charge in [0, 0.05) is 20.1 Å². The molecule has 0 aromatic heterocycles. The lowest BCUT2D eigenvalue weighted by molar-refractivity contribution is -0.230. The van der Waals surface area contributed by atoms with Gasteiger partial charge in [-0.25, -0.2) is 4.99 Å². The van der Waals surface area contributed by atoms with Crippen molar-refractivity contribution in [3.63, 3.8) is 0 Å². The number of rotatable bonds is 5. The van der Waals surface area contributed by atoms with Gasteiger partial charge < -0.3 is 19.9 Å². The first-order valence-electron chi connectivity index (χ1n) is 8.66. The molecule has 0 spiro atoms. The predicted octanol–water partition coefficient (Wildman–Crippen LogP) is 2.91. The van der Waals surface area contributed by atoms with Gasteiger partial charge in [0.1, 0.15) is 22.7 Å². The Bertz CT molecular complexity index is 1040. The minimum atomic E-state index is -1.64. The molecule has 1 aliphatic heterocycles. The Morgan fingerprint density at radius 1 is 0.964 bits per heavy atom. The van der Waals surface area contributed by atoms with Gasteiger partial charge in [-0.3, -0.25) is 0 Å². The van der Waals surface area contributed by atoms with Crippen LogP contribution in [0.4, 0.5) is 0 Å². The molecule has 140 valence electrons. The molecule has 2 aliphatic rings. The summed E-state index contributed by atoms with van der Waals surface area (Å²) in [7, 11) is 2.77. The molecule has 4 rings (SSSR count). The van der Waals surface area contributed by atoms with Crippen molar-refractivity contribution in [2.75, 3.05) is 14.2 Å². The van der Waals surface area contributed by atoms with Gasteiger partial charge in [-0.15, -0.1) is 0 Å². The number of hydrogen-bond donors (Lipinski definition) is 1. The molecule has 7 nitrogen and oxygen atoms in total. The maximum atomic E-state index is 10.1. The van der Waals surface area contributed by atoms with Crippen LogP contribution in [-0.4, -0.2) is 26.0 Å². The summed E-state index contributed by atoms with van der Waals surface area (Å²) >= 11 is 0. The summed E-state index contributed by atoms with van der Waals surface area (Å²) in [5.41, 5.74) is 4.16. The van der Waals surface area contributed by atoms with Crippen molar-refractivity contribution in [1.29, 1.82) is 10.5 Å². The first-order valence-corrected chi connectivity index (χ1v) is 8.66. The van der Waals surface area contributed by atoms with Crippen LogP contribution in [0.5, 0.6) is 11.5 Å². The molecule has 0 unspecified atom stereocenters. The number of para-hydroxylation sites is 1. The van der Waals surface area contributed by atoms with Crippen LogP contribution < -0.4 is 10.5 Å². The van der Waals surface area contributed by atoms with Gasteiger partial charge >= 0.3 is 0 Å². The van der Waals surface area contributed by atoms with Gasteiger partial charge in [0.2, 0.25) is 0 Å². The smallest absolute Gasteiger partial charge is 0.292 e. The summed E-state index contributed by atoms with van der Waals surface area (Å²) in [6, 6.07) is 21.1. The van der Waals surface area contributed by atoms with Gasteiger partial charge in [-0.1, -0.05) is 30.3 Å². The van der Waals surface area contributed by atoms with Crippen LogP contribution >= 0.6 is 0 Å². The van der Waals surface area contributed by atoms with Gasteiger partial charge in [0.15, 0.2) is 5.41 Å². The maximum absolute atomic E-state index is 10.1. The van der Waals surface area contributed by atoms with E-state index in [1.807, 2.05) is 48.5 Å². The Morgan fingerprint density at radius 2 is 1.64 bits per heavy atom. The van der Waals surface area contributed by atoms with Crippen LogP contribution in [-0.2, 0) is 9.47 Å². The molecule has 2 N–H and O–H groups in total. The average Bonchev–Trinajstić information content (AvgIpc) is 3.31. The highest BCUT2D eigenvalue weighted by atomic mass is 16.7. The molecule has 7 heteroatoms. The fourth-order valence-electron chi connectivity index (χ4n) is 4.40. The highest BCUT2D eigenvalue weighted by Gasteiger charge is 2.93. The molecule has 1 fully saturated rings. The number of nitriles is 2. The van der Waals surface area contributed by atoms with E-state index in [0.29, 0.717) is 11.5 Å². The van der Waals surface area contributed by atoms with Crippen LogP contribution in [0.15, 0.2) is 59.6 Å². The highest BCUT2D eigenvalue weighted by Crippen LogP contribution is 2.81. The number of aliphatic imine (C=N–C) groups is 1. The largest absolute Gasteiger partial charge is 0.457 e. The Morgan fingerprint density at radius 3 is 2.25 bits per heavy atom. The van der Waals surface area contributed by atoms with Crippen molar-refractivity contribution in [1.82, 2.24) is 0 Å². The van der Waals surface area contributed by atoms with Gasteiger partial charge in [-0.05, 0) is 29.8 Å². The number of benzene rings is 2. The lowest BCUT2D eigenvalue weighted by Crippen LogP contribution is -2.41. The summed E-state index contributed by atoms with van der Waals surface area (Å²) in [4.78, 5) is 4.21. The van der Waals surface area contributed by atoms with E-state index in [9.17, 15) is 10.5 Å². The summed E-state index contributed by atoms with van der Waals surface area (Å²) in [5.74, 6) is -0.885. The van der Waals surface area contributed by atoms with Crippen LogP contribution in [0.2, 0.25) is 0 Å². The summed E-state index contributed by atoms with van der Waals surface area (Å²) in [6.07, 6.45) is 0. The minimum Gasteiger partial charge on any atom is -0.457 e. The highest BCUT2D eigenvalue weighted by molar-refractivity contribution is 6.00. The first-order chi connectivity index (χ1) is 13.5. The second kappa shape index (κ2) is 6.07. The lowest BCUT2D eigenvalue weighted by atomic mass is 9.93. The van der Waals surface area contributed by atoms with E-state index in [4.69, 9.17) is 19.9 Å². The molecule has 0 radical (unpaired) electrons. The average molecular weight is 374 g/mol. The van der Waals surface area contributed by atoms with Crippen LogP contribution in [0.3, 0.4) is 0 Å². The molecule has 1 heterocycles. The zero-order valence-corrected chi connectivity index (χ0v) is 15.4. The van der Waals surface area contributed by atoms with Gasteiger partial charge in [0.25, 0.3) is 5.91 Å². The van der Waals surface area contributed by atoms with E-state index >= 15 is 0 Å². The van der Waals surface area contributed by atoms with Gasteiger partial charge in [0.05, 0.1) is 12.1 Å². The van der Waals surface area contributed by atoms with E-state index in [-0.39, 0.29) is 5.84 Å². The molecule has 0 amide bonds. The predicted molar refractivity (Wildman–Crippen MR) is 100 cm³/mol. The number of nitrogens with two attached hydrogens (primary N) is 1. The number of amidine groups is 1. The van der Waals surface area contributed by atoms with Crippen LogP contribution in [0.25, 0.3) is 0 Å². The normalized spacial score (nSPS) is 29.1. The zero-order valence-electron chi connectivity index (χ0n) is 15.4. The molecule has 28 heavy (non-hydrogen) atoms.